The van der Waals surface area contributed by atoms with Gasteiger partial charge in [0.05, 0.1) is 6.20 Å². The van der Waals surface area contributed by atoms with Crippen LogP contribution >= 0.6 is 11.6 Å². The maximum absolute atomic E-state index is 8.92. The zero-order chi connectivity index (χ0) is 16.9. The highest BCUT2D eigenvalue weighted by atomic mass is 35.5. The summed E-state index contributed by atoms with van der Waals surface area (Å²) in [5.41, 5.74) is 2.57. The van der Waals surface area contributed by atoms with E-state index < -0.39 is 0 Å². The minimum Gasteiger partial charge on any atom is -0.439 e. The molecule has 24 heavy (non-hydrogen) atoms. The van der Waals surface area contributed by atoms with E-state index in [4.69, 9.17) is 21.1 Å². The standard InChI is InChI=1S/C18H20ClN3O2/c1-12-20-11-15(21-12)18-22-17(13-6-8-14(19)9-7-13)16(24-18)5-3-2-4-10-23/h6-9,11,23H,2-5,10H2,1H3,(H,20,21). The summed E-state index contributed by atoms with van der Waals surface area (Å²) in [4.78, 5) is 12.0. The van der Waals surface area contributed by atoms with Crippen molar-refractivity contribution in [3.05, 3.63) is 47.1 Å². The Morgan fingerprint density at radius 3 is 2.62 bits per heavy atom. The Kier molecular flexibility index (Phi) is 5.33. The lowest BCUT2D eigenvalue weighted by molar-refractivity contribution is 0.282. The number of aliphatic hydroxyl groups excluding tert-OH is 1. The van der Waals surface area contributed by atoms with E-state index in [1.54, 1.807) is 6.20 Å². The predicted octanol–water partition coefficient (Wildman–Crippen LogP) is 4.40. The number of aryl methyl sites for hydroxylation is 2. The van der Waals surface area contributed by atoms with Crippen molar-refractivity contribution in [3.8, 4) is 22.8 Å². The average Bonchev–Trinajstić information content (AvgIpc) is 3.19. The Morgan fingerprint density at radius 2 is 1.96 bits per heavy atom. The van der Waals surface area contributed by atoms with Gasteiger partial charge in [0.2, 0.25) is 5.89 Å². The number of benzene rings is 1. The van der Waals surface area contributed by atoms with Gasteiger partial charge in [-0.3, -0.25) is 0 Å². The molecule has 0 unspecified atom stereocenters. The van der Waals surface area contributed by atoms with Crippen molar-refractivity contribution in [2.24, 2.45) is 0 Å². The van der Waals surface area contributed by atoms with Gasteiger partial charge in [0.1, 0.15) is 23.0 Å². The molecule has 5 nitrogen and oxygen atoms in total. The number of imidazole rings is 1. The molecule has 2 N–H and O–H groups in total. The molecule has 0 saturated heterocycles. The first-order valence-corrected chi connectivity index (χ1v) is 8.43. The van der Waals surface area contributed by atoms with Crippen LogP contribution in [-0.2, 0) is 6.42 Å². The molecular weight excluding hydrogens is 326 g/mol. The molecule has 0 aliphatic heterocycles. The highest BCUT2D eigenvalue weighted by Crippen LogP contribution is 2.30. The summed E-state index contributed by atoms with van der Waals surface area (Å²) in [6.45, 7) is 2.11. The van der Waals surface area contributed by atoms with Crippen molar-refractivity contribution in [1.29, 1.82) is 0 Å². The number of aromatic nitrogens is 3. The normalized spacial score (nSPS) is 11.1. The topological polar surface area (TPSA) is 74.9 Å². The first kappa shape index (κ1) is 16.7. The Labute approximate surface area is 145 Å². The molecule has 1 aromatic carbocycles. The van der Waals surface area contributed by atoms with Gasteiger partial charge in [0, 0.05) is 23.6 Å². The molecule has 0 amide bonds. The van der Waals surface area contributed by atoms with Gasteiger partial charge < -0.3 is 14.5 Å². The van der Waals surface area contributed by atoms with Crippen LogP contribution in [0.2, 0.25) is 5.02 Å². The molecule has 0 aliphatic carbocycles. The fourth-order valence-corrected chi connectivity index (χ4v) is 2.70. The molecule has 6 heteroatoms. The van der Waals surface area contributed by atoms with Crippen molar-refractivity contribution in [2.75, 3.05) is 6.61 Å². The number of rotatable bonds is 7. The molecule has 2 aromatic heterocycles. The Morgan fingerprint density at radius 1 is 1.17 bits per heavy atom. The van der Waals surface area contributed by atoms with Gasteiger partial charge in [0.25, 0.3) is 0 Å². The van der Waals surface area contributed by atoms with Crippen LogP contribution in [0.4, 0.5) is 0 Å². The van der Waals surface area contributed by atoms with Gasteiger partial charge in [-0.05, 0) is 31.9 Å². The van der Waals surface area contributed by atoms with Gasteiger partial charge >= 0.3 is 0 Å². The zero-order valence-corrected chi connectivity index (χ0v) is 14.3. The van der Waals surface area contributed by atoms with Crippen LogP contribution in [-0.4, -0.2) is 26.7 Å². The maximum Gasteiger partial charge on any atom is 0.245 e. The lowest BCUT2D eigenvalue weighted by atomic mass is 10.1. The molecule has 0 spiro atoms. The lowest BCUT2D eigenvalue weighted by Crippen LogP contribution is -1.89. The molecule has 0 aliphatic rings. The Hall–Kier alpha value is -2.11. The summed E-state index contributed by atoms with van der Waals surface area (Å²) in [5, 5.41) is 9.61. The fourth-order valence-electron chi connectivity index (χ4n) is 2.57. The number of nitrogens with zero attached hydrogens (tertiary/aromatic N) is 2. The van der Waals surface area contributed by atoms with Crippen molar-refractivity contribution in [2.45, 2.75) is 32.6 Å². The third-order valence-corrected chi connectivity index (χ3v) is 4.06. The molecule has 0 radical (unpaired) electrons. The number of nitrogens with one attached hydrogen (secondary N) is 1. The third-order valence-electron chi connectivity index (χ3n) is 3.81. The van der Waals surface area contributed by atoms with Crippen molar-refractivity contribution >= 4 is 11.6 Å². The first-order chi connectivity index (χ1) is 11.7. The number of hydrogen-bond acceptors (Lipinski definition) is 4. The highest BCUT2D eigenvalue weighted by Gasteiger charge is 2.17. The minimum absolute atomic E-state index is 0.221. The summed E-state index contributed by atoms with van der Waals surface area (Å²) >= 11 is 5.98. The number of unbranched alkanes of at least 4 members (excludes halogenated alkanes) is 2. The molecular formula is C18H20ClN3O2. The van der Waals surface area contributed by atoms with E-state index in [0.29, 0.717) is 10.9 Å². The Bertz CT molecular complexity index is 793. The number of halogens is 1. The van der Waals surface area contributed by atoms with Crippen LogP contribution in [0.1, 0.15) is 30.8 Å². The maximum atomic E-state index is 8.92. The summed E-state index contributed by atoms with van der Waals surface area (Å²) < 4.78 is 6.00. The summed E-state index contributed by atoms with van der Waals surface area (Å²) in [7, 11) is 0. The van der Waals surface area contributed by atoms with E-state index in [0.717, 1.165) is 54.2 Å². The summed E-state index contributed by atoms with van der Waals surface area (Å²) in [6, 6.07) is 7.58. The molecule has 2 heterocycles. The number of aliphatic hydroxyl groups is 1. The van der Waals surface area contributed by atoms with Gasteiger partial charge in [0.15, 0.2) is 0 Å². The molecule has 126 valence electrons. The van der Waals surface area contributed by atoms with Crippen molar-refractivity contribution < 1.29 is 9.52 Å². The van der Waals surface area contributed by atoms with E-state index >= 15 is 0 Å². The smallest absolute Gasteiger partial charge is 0.245 e. The van der Waals surface area contributed by atoms with E-state index in [9.17, 15) is 0 Å². The summed E-state index contributed by atoms with van der Waals surface area (Å²) in [5.74, 6) is 2.20. The minimum atomic E-state index is 0.221. The third kappa shape index (κ3) is 3.86. The molecule has 0 atom stereocenters. The van der Waals surface area contributed by atoms with Crippen molar-refractivity contribution in [3.63, 3.8) is 0 Å². The quantitative estimate of drug-likeness (QED) is 0.622. The van der Waals surface area contributed by atoms with Gasteiger partial charge in [-0.25, -0.2) is 9.97 Å². The second kappa shape index (κ2) is 7.64. The Balaban J connectivity index is 1.91. The van der Waals surface area contributed by atoms with E-state index in [2.05, 4.69) is 15.0 Å². The van der Waals surface area contributed by atoms with Crippen LogP contribution in [0.5, 0.6) is 0 Å². The highest BCUT2D eigenvalue weighted by molar-refractivity contribution is 6.30. The van der Waals surface area contributed by atoms with Crippen LogP contribution in [0.25, 0.3) is 22.8 Å². The predicted molar refractivity (Wildman–Crippen MR) is 93.9 cm³/mol. The average molecular weight is 346 g/mol. The summed E-state index contributed by atoms with van der Waals surface area (Å²) in [6.07, 6.45) is 5.20. The number of aromatic amines is 1. The van der Waals surface area contributed by atoms with Crippen LogP contribution in [0.3, 0.4) is 0 Å². The van der Waals surface area contributed by atoms with Crippen LogP contribution in [0, 0.1) is 6.92 Å². The van der Waals surface area contributed by atoms with Gasteiger partial charge in [-0.2, -0.15) is 0 Å². The zero-order valence-electron chi connectivity index (χ0n) is 13.6. The molecule has 3 rings (SSSR count). The van der Waals surface area contributed by atoms with Gasteiger partial charge in [-0.1, -0.05) is 30.2 Å². The number of H-pyrrole nitrogens is 1. The molecule has 0 bridgehead atoms. The van der Waals surface area contributed by atoms with Gasteiger partial charge in [-0.15, -0.1) is 0 Å². The monoisotopic (exact) mass is 345 g/mol. The SMILES string of the molecule is Cc1ncc(-c2nc(-c3ccc(Cl)cc3)c(CCCCCO)o2)[nH]1. The number of oxazole rings is 1. The van der Waals surface area contributed by atoms with Crippen LogP contribution < -0.4 is 0 Å². The van der Waals surface area contributed by atoms with E-state index in [-0.39, 0.29) is 6.61 Å². The molecule has 0 fully saturated rings. The van der Waals surface area contributed by atoms with E-state index in [1.165, 1.54) is 0 Å². The fraction of sp³-hybridized carbons (Fsp3) is 0.333. The van der Waals surface area contributed by atoms with Crippen molar-refractivity contribution in [1.82, 2.24) is 15.0 Å². The molecule has 0 saturated carbocycles. The largest absolute Gasteiger partial charge is 0.439 e. The second-order valence-corrected chi connectivity index (χ2v) is 6.15. The lowest BCUT2D eigenvalue weighted by Gasteiger charge is -2.01. The molecule has 3 aromatic rings. The van der Waals surface area contributed by atoms with E-state index in [1.807, 2.05) is 31.2 Å². The van der Waals surface area contributed by atoms with Crippen LogP contribution in [0.15, 0.2) is 34.9 Å². The second-order valence-electron chi connectivity index (χ2n) is 5.71. The number of hydrogen-bond donors (Lipinski definition) is 2. The first-order valence-electron chi connectivity index (χ1n) is 8.06.